The van der Waals surface area contributed by atoms with Crippen LogP contribution < -0.4 is 0 Å². The Bertz CT molecular complexity index is 963. The molecule has 1 aliphatic rings. The van der Waals surface area contributed by atoms with Gasteiger partial charge in [-0.3, -0.25) is 4.79 Å². The molecule has 0 spiro atoms. The van der Waals surface area contributed by atoms with Crippen LogP contribution in [0.25, 0.3) is 10.9 Å². The van der Waals surface area contributed by atoms with Crippen LogP contribution in [-0.4, -0.2) is 23.6 Å². The topological polar surface area (TPSA) is 36.1 Å². The number of fused-ring (bicyclic) bond motifs is 3. The normalized spacial score (nSPS) is 17.5. The molecule has 0 fully saturated rings. The van der Waals surface area contributed by atoms with Gasteiger partial charge in [-0.15, -0.1) is 0 Å². The van der Waals surface area contributed by atoms with Crippen LogP contribution in [0.3, 0.4) is 0 Å². The smallest absolute Gasteiger partial charge is 0.215 e. The molecule has 1 heterocycles. The Morgan fingerprint density at radius 3 is 2.78 bits per heavy atom. The summed E-state index contributed by atoms with van der Waals surface area (Å²) in [5.74, 6) is 0.221. The second-order valence-corrected chi connectivity index (χ2v) is 7.72. The minimum Gasteiger partial charge on any atom is -0.356 e. The van der Waals surface area contributed by atoms with Crippen molar-refractivity contribution in [2.75, 3.05) is 0 Å². The number of hydrogen-bond donors (Lipinski definition) is 1. The highest BCUT2D eigenvalue weighted by atomic mass is 16.2. The first-order chi connectivity index (χ1) is 13.1. The Morgan fingerprint density at radius 2 is 2.04 bits per heavy atom. The minimum atomic E-state index is 0.0581. The summed E-state index contributed by atoms with van der Waals surface area (Å²) in [4.78, 5) is 18.8. The van der Waals surface area contributed by atoms with Crippen molar-refractivity contribution in [3.05, 3.63) is 70.9 Å². The molecule has 138 valence electrons. The Balaban J connectivity index is 1.80. The number of amides is 1. The molecule has 4 heteroatoms. The van der Waals surface area contributed by atoms with Gasteiger partial charge in [-0.05, 0) is 62.7 Å². The van der Waals surface area contributed by atoms with Gasteiger partial charge in [0.15, 0.2) is 0 Å². The quantitative estimate of drug-likeness (QED) is 0.685. The van der Waals surface area contributed by atoms with Gasteiger partial charge < -0.3 is 9.88 Å². The maximum atomic E-state index is 13.0. The van der Waals surface area contributed by atoms with Gasteiger partial charge in [0, 0.05) is 16.6 Å². The highest BCUT2D eigenvalue weighted by molar-refractivity contribution is 6.19. The largest absolute Gasteiger partial charge is 0.356 e. The lowest BCUT2D eigenvalue weighted by Crippen LogP contribution is -2.38. The Morgan fingerprint density at radius 1 is 1.26 bits per heavy atom. The lowest BCUT2D eigenvalue weighted by molar-refractivity contribution is -0.134. The second kappa shape index (κ2) is 7.26. The number of rotatable bonds is 4. The molecule has 2 aromatic carbocycles. The predicted molar refractivity (Wildman–Crippen MR) is 114 cm³/mol. The van der Waals surface area contributed by atoms with Gasteiger partial charge in [-0.25, -0.2) is 0 Å². The minimum absolute atomic E-state index is 0.0581. The summed E-state index contributed by atoms with van der Waals surface area (Å²) in [6.07, 6.45) is 3.75. The molecule has 0 bridgehead atoms. The van der Waals surface area contributed by atoms with Crippen molar-refractivity contribution >= 4 is 24.7 Å². The van der Waals surface area contributed by atoms with E-state index in [1.54, 1.807) is 0 Å². The van der Waals surface area contributed by atoms with E-state index in [0.717, 1.165) is 19.3 Å². The lowest BCUT2D eigenvalue weighted by Gasteiger charge is -2.39. The van der Waals surface area contributed by atoms with Crippen molar-refractivity contribution in [1.82, 2.24) is 9.88 Å². The van der Waals surface area contributed by atoms with Crippen molar-refractivity contribution in [2.24, 2.45) is 0 Å². The molecule has 1 N–H and O–H groups in total. The summed E-state index contributed by atoms with van der Waals surface area (Å²) in [5.41, 5.74) is 6.31. The van der Waals surface area contributed by atoms with Crippen LogP contribution in [0.1, 0.15) is 54.2 Å². The van der Waals surface area contributed by atoms with E-state index in [1.807, 2.05) is 13.9 Å². The zero-order chi connectivity index (χ0) is 19.0. The molecule has 1 aromatic heterocycles. The number of aryl methyl sites for hydroxylation is 2. The number of H-pyrrole nitrogens is 1. The number of carbonyl (C=O) groups is 1. The van der Waals surface area contributed by atoms with Gasteiger partial charge in [-0.2, -0.15) is 0 Å². The van der Waals surface area contributed by atoms with Crippen molar-refractivity contribution in [3.63, 3.8) is 0 Å². The summed E-state index contributed by atoms with van der Waals surface area (Å²) in [5, 5.41) is 1.32. The fourth-order valence-corrected chi connectivity index (χ4v) is 4.57. The van der Waals surface area contributed by atoms with Crippen molar-refractivity contribution in [2.45, 2.75) is 51.5 Å². The predicted octanol–water partition coefficient (Wildman–Crippen LogP) is 4.49. The SMILES string of the molecule is BCC(=O)N([C@@H](C)c1ccccc1)[C@H]1CCCc2c1[nH]c1ccc(C)cc21. The van der Waals surface area contributed by atoms with E-state index < -0.39 is 0 Å². The van der Waals surface area contributed by atoms with E-state index >= 15 is 0 Å². The highest BCUT2D eigenvalue weighted by Gasteiger charge is 2.34. The van der Waals surface area contributed by atoms with Crippen molar-refractivity contribution in [1.29, 1.82) is 0 Å². The van der Waals surface area contributed by atoms with Crippen LogP contribution in [0.4, 0.5) is 0 Å². The van der Waals surface area contributed by atoms with E-state index in [1.165, 1.54) is 33.3 Å². The standard InChI is InChI=1S/C23H27BN2O/c1-15-11-12-20-19(13-15)18-9-6-10-21(23(18)25-20)26(22(27)14-24)16(2)17-7-4-3-5-8-17/h3-5,7-8,11-13,16,21,25H,6,9-10,14,24H2,1-2H3/t16-,21-/m0/s1. The summed E-state index contributed by atoms with van der Waals surface area (Å²) < 4.78 is 0. The molecule has 0 unspecified atom stereocenters. The van der Waals surface area contributed by atoms with E-state index in [9.17, 15) is 4.79 Å². The number of nitrogens with one attached hydrogen (secondary N) is 1. The first-order valence-electron chi connectivity index (χ1n) is 10.1. The molecule has 3 aromatic rings. The molecule has 1 aliphatic carbocycles. The number of nitrogens with zero attached hydrogens (tertiary/aromatic N) is 1. The van der Waals surface area contributed by atoms with Gasteiger partial charge in [0.2, 0.25) is 5.91 Å². The van der Waals surface area contributed by atoms with E-state index in [0.29, 0.717) is 6.32 Å². The molecule has 0 saturated carbocycles. The molecule has 0 saturated heterocycles. The van der Waals surface area contributed by atoms with Gasteiger partial charge in [0.05, 0.1) is 12.1 Å². The third-order valence-electron chi connectivity index (χ3n) is 5.96. The second-order valence-electron chi connectivity index (χ2n) is 7.72. The number of hydrogen-bond acceptors (Lipinski definition) is 1. The third-order valence-corrected chi connectivity index (χ3v) is 5.96. The maximum Gasteiger partial charge on any atom is 0.215 e. The summed E-state index contributed by atoms with van der Waals surface area (Å²) in [6, 6.07) is 17.2. The molecule has 4 rings (SSSR count). The number of carbonyl (C=O) groups excluding carboxylic acids is 1. The van der Waals surface area contributed by atoms with Gasteiger partial charge in [0.25, 0.3) is 0 Å². The van der Waals surface area contributed by atoms with Gasteiger partial charge >= 0.3 is 0 Å². The average molecular weight is 358 g/mol. The van der Waals surface area contributed by atoms with Crippen LogP contribution in [0.5, 0.6) is 0 Å². The summed E-state index contributed by atoms with van der Waals surface area (Å²) in [6.45, 7) is 4.30. The van der Waals surface area contributed by atoms with Crippen LogP contribution in [-0.2, 0) is 11.2 Å². The summed E-state index contributed by atoms with van der Waals surface area (Å²) >= 11 is 0. The number of benzene rings is 2. The average Bonchev–Trinajstić information content (AvgIpc) is 3.07. The Hall–Kier alpha value is -2.49. The van der Waals surface area contributed by atoms with Crippen molar-refractivity contribution < 1.29 is 4.79 Å². The molecule has 27 heavy (non-hydrogen) atoms. The van der Waals surface area contributed by atoms with Crippen molar-refractivity contribution in [3.8, 4) is 0 Å². The maximum absolute atomic E-state index is 13.0. The zero-order valence-corrected chi connectivity index (χ0v) is 16.5. The van der Waals surface area contributed by atoms with Gasteiger partial charge in [-0.1, -0.05) is 42.0 Å². The molecule has 3 nitrogen and oxygen atoms in total. The van der Waals surface area contributed by atoms with Crippen LogP contribution >= 0.6 is 0 Å². The van der Waals surface area contributed by atoms with E-state index in [-0.39, 0.29) is 18.0 Å². The Labute approximate surface area is 162 Å². The van der Waals surface area contributed by atoms with Gasteiger partial charge in [0.1, 0.15) is 7.85 Å². The lowest BCUT2D eigenvalue weighted by atomic mass is 9.88. The fourth-order valence-electron chi connectivity index (χ4n) is 4.57. The highest BCUT2D eigenvalue weighted by Crippen LogP contribution is 2.41. The molecule has 1 amide bonds. The molecular formula is C23H27BN2O. The first-order valence-corrected chi connectivity index (χ1v) is 10.1. The van der Waals surface area contributed by atoms with E-state index in [4.69, 9.17) is 0 Å². The molecule has 0 radical (unpaired) electrons. The van der Waals surface area contributed by atoms with Crippen LogP contribution in [0.2, 0.25) is 6.32 Å². The first kappa shape index (κ1) is 17.9. The molecule has 2 atom stereocenters. The van der Waals surface area contributed by atoms with E-state index in [2.05, 4.69) is 66.2 Å². The molecular weight excluding hydrogens is 331 g/mol. The van der Waals surface area contributed by atoms with Crippen LogP contribution in [0.15, 0.2) is 48.5 Å². The summed E-state index contributed by atoms with van der Waals surface area (Å²) in [7, 11) is 1.96. The molecule has 0 aliphatic heterocycles. The zero-order valence-electron chi connectivity index (χ0n) is 16.5. The monoisotopic (exact) mass is 358 g/mol. The third kappa shape index (κ3) is 3.18. The van der Waals surface area contributed by atoms with Crippen LogP contribution in [0, 0.1) is 6.92 Å². The number of aromatic nitrogens is 1. The Kier molecular flexibility index (Phi) is 4.82. The fraction of sp³-hybridized carbons (Fsp3) is 0.348. The number of aromatic amines is 1.